The van der Waals surface area contributed by atoms with Crippen LogP contribution in [-0.4, -0.2) is 72.4 Å². The predicted molar refractivity (Wildman–Crippen MR) is 117 cm³/mol. The molecule has 0 aliphatic rings. The van der Waals surface area contributed by atoms with Gasteiger partial charge in [0.05, 0.1) is 0 Å². The monoisotopic (exact) mass is 640 g/mol. The predicted octanol–water partition coefficient (Wildman–Crippen LogP) is 3.43. The summed E-state index contributed by atoms with van der Waals surface area (Å²) in [7, 11) is 0. The molecule has 0 aromatic heterocycles. The molecule has 0 radical (unpaired) electrons. The zero-order chi connectivity index (χ0) is 18.2. The molecule has 0 fully saturated rings. The third-order valence-electron chi connectivity index (χ3n) is 3.44. The van der Waals surface area contributed by atoms with Gasteiger partial charge in [-0.3, -0.25) is 0 Å². The number of rotatable bonds is 10. The van der Waals surface area contributed by atoms with E-state index in [0.29, 0.717) is 29.0 Å². The van der Waals surface area contributed by atoms with Gasteiger partial charge in [-0.25, -0.2) is 0 Å². The van der Waals surface area contributed by atoms with Gasteiger partial charge in [0.15, 0.2) is 0 Å². The van der Waals surface area contributed by atoms with Gasteiger partial charge in [-0.05, 0) is 0 Å². The third-order valence-corrected chi connectivity index (χ3v) is 31.1. The first-order valence-corrected chi connectivity index (χ1v) is 23.5. The van der Waals surface area contributed by atoms with Crippen LogP contribution < -0.4 is 10.6 Å². The molecule has 0 aliphatic heterocycles. The summed E-state index contributed by atoms with van der Waals surface area (Å²) in [6.45, 7) is 1.49. The van der Waals surface area contributed by atoms with Crippen LogP contribution in [0.1, 0.15) is 6.42 Å². The molecule has 8 heteroatoms. The van der Waals surface area contributed by atoms with Crippen molar-refractivity contribution in [1.29, 1.82) is 0 Å². The van der Waals surface area contributed by atoms with Crippen molar-refractivity contribution in [2.24, 2.45) is 0 Å². The molecule has 2 unspecified atom stereocenters. The molecule has 0 bridgehead atoms. The number of hydrogen-bond donors (Lipinski definition) is 0. The van der Waals surface area contributed by atoms with E-state index in [9.17, 15) is 0 Å². The fourth-order valence-corrected chi connectivity index (χ4v) is 13.8. The standard InChI is InChI=1S/C17H22O2P2Se4/c1-24-20(22,16-10-5-3-6-11-16)18-14-9-15-19-21(23,25-2)17-12-7-4-8-13-17/h3-8,10-13H,9,14-15H2,1-2H3. The van der Waals surface area contributed by atoms with Crippen molar-refractivity contribution in [2.45, 2.75) is 18.1 Å². The van der Waals surface area contributed by atoms with Crippen LogP contribution in [0.25, 0.3) is 0 Å². The second-order valence-electron chi connectivity index (χ2n) is 5.05. The van der Waals surface area contributed by atoms with Crippen molar-refractivity contribution in [2.75, 3.05) is 13.2 Å². The van der Waals surface area contributed by atoms with Crippen LogP contribution in [0.3, 0.4) is 0 Å². The van der Waals surface area contributed by atoms with Crippen molar-refractivity contribution >= 4 is 78.7 Å². The minimum absolute atomic E-state index is 0.432. The molecule has 2 aromatic carbocycles. The van der Waals surface area contributed by atoms with E-state index in [1.54, 1.807) is 0 Å². The molecule has 0 aliphatic carbocycles. The van der Waals surface area contributed by atoms with Crippen molar-refractivity contribution in [3.63, 3.8) is 0 Å². The molecule has 2 aromatic rings. The maximum atomic E-state index is 6.33. The maximum absolute atomic E-state index is 6.33. The molecular formula is C17H22O2P2Se4. The van der Waals surface area contributed by atoms with Crippen molar-refractivity contribution < 1.29 is 9.05 Å². The van der Waals surface area contributed by atoms with Crippen LogP contribution in [0, 0.1) is 0 Å². The summed E-state index contributed by atoms with van der Waals surface area (Å²) >= 11 is 7.62. The van der Waals surface area contributed by atoms with E-state index >= 15 is 0 Å². The Bertz CT molecular complexity index is 677. The first-order valence-electron chi connectivity index (χ1n) is 7.76. The second kappa shape index (κ2) is 11.3. The van der Waals surface area contributed by atoms with Gasteiger partial charge < -0.3 is 0 Å². The molecule has 0 N–H and O–H groups in total. The van der Waals surface area contributed by atoms with Gasteiger partial charge in [-0.1, -0.05) is 0 Å². The van der Waals surface area contributed by atoms with Crippen LogP contribution in [-0.2, 0) is 9.05 Å². The van der Waals surface area contributed by atoms with Gasteiger partial charge >= 0.3 is 180 Å². The van der Waals surface area contributed by atoms with Gasteiger partial charge in [0.1, 0.15) is 0 Å². The van der Waals surface area contributed by atoms with E-state index in [1.807, 2.05) is 0 Å². The van der Waals surface area contributed by atoms with Crippen LogP contribution >= 0.6 is 8.85 Å². The van der Waals surface area contributed by atoms with E-state index in [1.165, 1.54) is 10.6 Å². The molecule has 2 rings (SSSR count). The summed E-state index contributed by atoms with van der Waals surface area (Å²) in [5, 5.41) is 2.65. The first-order chi connectivity index (χ1) is 12.0. The van der Waals surface area contributed by atoms with Gasteiger partial charge in [0.25, 0.3) is 0 Å². The SMILES string of the molecule is C[Se]P(=[Se])(OCCCOP(=[Se])([Se]C)c1ccccc1)c1ccccc1. The van der Waals surface area contributed by atoms with E-state index in [0.717, 1.165) is 19.6 Å². The Kier molecular flexibility index (Phi) is 10.2. The molecule has 0 saturated heterocycles. The van der Waals surface area contributed by atoms with E-state index in [-0.39, 0.29) is 0 Å². The Labute approximate surface area is 178 Å². The Morgan fingerprint density at radius 3 is 1.40 bits per heavy atom. The van der Waals surface area contributed by atoms with Gasteiger partial charge in [0, 0.05) is 0 Å². The molecular weight excluding hydrogens is 614 g/mol. The van der Waals surface area contributed by atoms with E-state index < -0.39 is 8.85 Å². The molecule has 0 saturated carbocycles. The second-order valence-corrected chi connectivity index (χ2v) is 33.9. The normalized spacial score (nSPS) is 16.1. The van der Waals surface area contributed by atoms with E-state index in [2.05, 4.69) is 103 Å². The fraction of sp³-hybridized carbons (Fsp3) is 0.294. The third kappa shape index (κ3) is 6.69. The van der Waals surface area contributed by atoms with Crippen LogP contribution in [0.4, 0.5) is 0 Å². The zero-order valence-electron chi connectivity index (χ0n) is 14.2. The van der Waals surface area contributed by atoms with Gasteiger partial charge in [0.2, 0.25) is 0 Å². The van der Waals surface area contributed by atoms with E-state index in [4.69, 9.17) is 9.05 Å². The first kappa shape index (κ1) is 22.6. The van der Waals surface area contributed by atoms with Gasteiger partial charge in [-0.2, -0.15) is 0 Å². The van der Waals surface area contributed by atoms with Crippen molar-refractivity contribution in [3.05, 3.63) is 60.7 Å². The summed E-state index contributed by atoms with van der Waals surface area (Å²) in [5.74, 6) is 4.51. The molecule has 25 heavy (non-hydrogen) atoms. The van der Waals surface area contributed by atoms with Crippen molar-refractivity contribution in [1.82, 2.24) is 0 Å². The minimum atomic E-state index is -1.56. The zero-order valence-corrected chi connectivity index (χ0v) is 22.9. The van der Waals surface area contributed by atoms with Crippen LogP contribution in [0.5, 0.6) is 0 Å². The fourth-order valence-electron chi connectivity index (χ4n) is 2.11. The summed E-state index contributed by atoms with van der Waals surface area (Å²) in [6, 6.07) is 21.2. The average Bonchev–Trinajstić information content (AvgIpc) is 2.68. The molecule has 136 valence electrons. The Morgan fingerprint density at radius 1 is 0.720 bits per heavy atom. The van der Waals surface area contributed by atoms with Gasteiger partial charge in [-0.15, -0.1) is 0 Å². The number of benzene rings is 2. The summed E-state index contributed by atoms with van der Waals surface area (Å²) in [6.07, 6.45) is 0.929. The Hall–Kier alpha value is 1.30. The molecule has 0 spiro atoms. The summed E-state index contributed by atoms with van der Waals surface area (Å²) < 4.78 is 9.54. The van der Waals surface area contributed by atoms with Crippen molar-refractivity contribution in [3.8, 4) is 0 Å². The Morgan fingerprint density at radius 2 is 1.08 bits per heavy atom. The quantitative estimate of drug-likeness (QED) is 0.226. The molecule has 2 nitrogen and oxygen atoms in total. The Balaban J connectivity index is 1.86. The average molecular weight is 636 g/mol. The van der Waals surface area contributed by atoms with Crippen LogP contribution in [0.15, 0.2) is 60.7 Å². The number of hydrogen-bond acceptors (Lipinski definition) is 2. The summed E-state index contributed by atoms with van der Waals surface area (Å²) in [4.78, 5) is 0. The molecule has 2 atom stereocenters. The summed E-state index contributed by atoms with van der Waals surface area (Å²) in [5.41, 5.74) is 0. The topological polar surface area (TPSA) is 18.5 Å². The molecule has 0 amide bonds. The van der Waals surface area contributed by atoms with Crippen LogP contribution in [0.2, 0.25) is 11.6 Å². The molecule has 0 heterocycles.